The van der Waals surface area contributed by atoms with Crippen molar-refractivity contribution < 1.29 is 9.90 Å². The van der Waals surface area contributed by atoms with Crippen LogP contribution in [-0.4, -0.2) is 29.6 Å². The Balaban J connectivity index is 2.82. The zero-order valence-corrected chi connectivity index (χ0v) is 6.80. The molecule has 0 aliphatic carbocycles. The Labute approximate surface area is 69.6 Å². The van der Waals surface area contributed by atoms with Crippen LogP contribution in [0.25, 0.3) is 0 Å². The van der Waals surface area contributed by atoms with E-state index in [-0.39, 0.29) is 0 Å². The first-order chi connectivity index (χ1) is 5.11. The van der Waals surface area contributed by atoms with Crippen LogP contribution >= 0.6 is 11.6 Å². The maximum Gasteiger partial charge on any atom is 0.333 e. The lowest BCUT2D eigenvalue weighted by molar-refractivity contribution is -0.132. The topological polar surface area (TPSA) is 40.5 Å². The first kappa shape index (κ1) is 8.14. The average molecular weight is 174 g/mol. The Hall–Kier alpha value is -0.960. The van der Waals surface area contributed by atoms with E-state index in [4.69, 9.17) is 16.7 Å². The van der Waals surface area contributed by atoms with Crippen LogP contribution in [0.1, 0.15) is 0 Å². The zero-order valence-electron chi connectivity index (χ0n) is 6.04. The van der Waals surface area contributed by atoms with Crippen molar-refractivity contribution in [2.75, 3.05) is 13.6 Å². The van der Waals surface area contributed by atoms with Gasteiger partial charge in [0.25, 0.3) is 0 Å². The summed E-state index contributed by atoms with van der Waals surface area (Å²) in [6.07, 6.45) is 3.10. The number of halogens is 1. The van der Waals surface area contributed by atoms with Crippen molar-refractivity contribution in [3.63, 3.8) is 0 Å². The molecule has 0 spiro atoms. The molecule has 11 heavy (non-hydrogen) atoms. The summed E-state index contributed by atoms with van der Waals surface area (Å²) >= 11 is 5.69. The number of hydrogen-bond acceptors (Lipinski definition) is 2. The summed E-state index contributed by atoms with van der Waals surface area (Å²) in [6, 6.07) is 0. The van der Waals surface area contributed by atoms with Crippen molar-refractivity contribution >= 4 is 17.6 Å². The van der Waals surface area contributed by atoms with Crippen LogP contribution in [0, 0.1) is 0 Å². The van der Waals surface area contributed by atoms with Crippen LogP contribution in [0.2, 0.25) is 0 Å². The minimum absolute atomic E-state index is 0.358. The molecule has 0 radical (unpaired) electrons. The number of hydrogen-bond donors (Lipinski definition) is 1. The lowest BCUT2D eigenvalue weighted by Crippen LogP contribution is -2.23. The summed E-state index contributed by atoms with van der Waals surface area (Å²) in [5.74, 6) is -0.891. The molecule has 0 saturated carbocycles. The molecule has 1 aliphatic heterocycles. The van der Waals surface area contributed by atoms with Crippen LogP contribution in [0.15, 0.2) is 22.9 Å². The largest absolute Gasteiger partial charge is 0.478 e. The quantitative estimate of drug-likeness (QED) is 0.602. The number of carboxylic acids is 1. The van der Waals surface area contributed by atoms with Crippen molar-refractivity contribution in [1.29, 1.82) is 0 Å². The Bertz CT molecular complexity index is 245. The van der Waals surface area contributed by atoms with E-state index in [0.29, 0.717) is 17.3 Å². The van der Waals surface area contributed by atoms with Gasteiger partial charge in [-0.25, -0.2) is 4.79 Å². The molecular formula is C7H8ClNO2. The summed E-state index contributed by atoms with van der Waals surface area (Å²) in [4.78, 5) is 12.1. The lowest BCUT2D eigenvalue weighted by Gasteiger charge is -2.20. The fourth-order valence-corrected chi connectivity index (χ4v) is 0.942. The van der Waals surface area contributed by atoms with Crippen molar-refractivity contribution in [2.24, 2.45) is 0 Å². The molecule has 1 aliphatic rings. The van der Waals surface area contributed by atoms with Gasteiger partial charge >= 0.3 is 5.97 Å². The first-order valence-electron chi connectivity index (χ1n) is 3.12. The summed E-state index contributed by atoms with van der Waals surface area (Å²) in [5.41, 5.74) is 0.358. The lowest BCUT2D eigenvalue weighted by atomic mass is 10.2. The van der Waals surface area contributed by atoms with E-state index in [9.17, 15) is 4.79 Å². The van der Waals surface area contributed by atoms with Crippen LogP contribution < -0.4 is 0 Å². The van der Waals surface area contributed by atoms with E-state index in [0.717, 1.165) is 0 Å². The van der Waals surface area contributed by atoms with Gasteiger partial charge in [0.2, 0.25) is 0 Å². The number of nitrogens with zero attached hydrogens (tertiary/aromatic N) is 1. The molecule has 0 bridgehead atoms. The summed E-state index contributed by atoms with van der Waals surface area (Å²) in [7, 11) is 1.74. The molecule has 1 N–H and O–H groups in total. The predicted molar refractivity (Wildman–Crippen MR) is 42.3 cm³/mol. The monoisotopic (exact) mass is 173 g/mol. The molecule has 0 saturated heterocycles. The molecule has 0 aromatic heterocycles. The van der Waals surface area contributed by atoms with Gasteiger partial charge < -0.3 is 10.0 Å². The highest BCUT2D eigenvalue weighted by atomic mass is 35.5. The predicted octanol–water partition coefficient (Wildman–Crippen LogP) is 1.02. The second-order valence-electron chi connectivity index (χ2n) is 2.34. The second kappa shape index (κ2) is 2.96. The third-order valence-corrected chi connectivity index (χ3v) is 1.88. The standard InChI is InChI=1S/C7H8ClNO2/c1-9-4-5(7(10)11)2-3-6(9)8/h2-3H,4H2,1H3,(H,10,11). The summed E-state index contributed by atoms with van der Waals surface area (Å²) in [5, 5.41) is 9.14. The van der Waals surface area contributed by atoms with E-state index in [1.54, 1.807) is 18.0 Å². The van der Waals surface area contributed by atoms with Gasteiger partial charge in [-0.05, 0) is 12.2 Å². The van der Waals surface area contributed by atoms with E-state index >= 15 is 0 Å². The number of aliphatic carboxylic acids is 1. The normalized spacial score (nSPS) is 17.5. The van der Waals surface area contributed by atoms with Crippen molar-refractivity contribution in [3.8, 4) is 0 Å². The van der Waals surface area contributed by atoms with Crippen molar-refractivity contribution in [2.45, 2.75) is 0 Å². The zero-order chi connectivity index (χ0) is 8.43. The number of rotatable bonds is 1. The van der Waals surface area contributed by atoms with Gasteiger partial charge in [-0.2, -0.15) is 0 Å². The third-order valence-electron chi connectivity index (χ3n) is 1.47. The second-order valence-corrected chi connectivity index (χ2v) is 2.73. The third kappa shape index (κ3) is 1.74. The van der Waals surface area contributed by atoms with Crippen LogP contribution in [0.5, 0.6) is 0 Å². The van der Waals surface area contributed by atoms with Gasteiger partial charge in [0.05, 0.1) is 12.1 Å². The van der Waals surface area contributed by atoms with Crippen LogP contribution in [0.3, 0.4) is 0 Å². The molecule has 0 atom stereocenters. The fourth-order valence-electron chi connectivity index (χ4n) is 0.819. The Kier molecular flexibility index (Phi) is 2.19. The molecule has 60 valence electrons. The first-order valence-corrected chi connectivity index (χ1v) is 3.50. The number of allylic oxidation sites excluding steroid dienone is 2. The van der Waals surface area contributed by atoms with Crippen LogP contribution in [0.4, 0.5) is 0 Å². The highest BCUT2D eigenvalue weighted by Gasteiger charge is 2.14. The smallest absolute Gasteiger partial charge is 0.333 e. The van der Waals surface area contributed by atoms with Crippen LogP contribution in [-0.2, 0) is 4.79 Å². The molecular weight excluding hydrogens is 166 g/mol. The van der Waals surface area contributed by atoms with E-state index in [2.05, 4.69) is 0 Å². The van der Waals surface area contributed by atoms with E-state index in [1.807, 2.05) is 0 Å². The average Bonchev–Trinajstić information content (AvgIpc) is 1.94. The SMILES string of the molecule is CN1CC(C(=O)O)=CC=C1Cl. The molecule has 3 nitrogen and oxygen atoms in total. The van der Waals surface area contributed by atoms with Gasteiger partial charge in [0.15, 0.2) is 0 Å². The highest BCUT2D eigenvalue weighted by Crippen LogP contribution is 2.15. The maximum absolute atomic E-state index is 10.4. The highest BCUT2D eigenvalue weighted by molar-refractivity contribution is 6.29. The molecule has 4 heteroatoms. The number of carbonyl (C=O) groups is 1. The van der Waals surface area contributed by atoms with E-state index < -0.39 is 5.97 Å². The number of likely N-dealkylation sites (N-methyl/N-ethyl adjacent to an activating group) is 1. The molecule has 0 amide bonds. The van der Waals surface area contributed by atoms with Gasteiger partial charge in [0, 0.05) is 7.05 Å². The minimum atomic E-state index is -0.891. The Morgan fingerprint density at radius 3 is 2.82 bits per heavy atom. The molecule has 0 unspecified atom stereocenters. The molecule has 1 rings (SSSR count). The summed E-state index contributed by atoms with van der Waals surface area (Å²) < 4.78 is 0. The Morgan fingerprint density at radius 1 is 1.73 bits per heavy atom. The molecule has 0 aromatic carbocycles. The van der Waals surface area contributed by atoms with Gasteiger partial charge in [-0.15, -0.1) is 0 Å². The van der Waals surface area contributed by atoms with Gasteiger partial charge in [-0.3, -0.25) is 0 Å². The number of carboxylic acid groups (broad SMARTS) is 1. The Morgan fingerprint density at radius 2 is 2.36 bits per heavy atom. The molecule has 1 heterocycles. The summed E-state index contributed by atoms with van der Waals surface area (Å²) in [6.45, 7) is 0.366. The fraction of sp³-hybridized carbons (Fsp3) is 0.286. The van der Waals surface area contributed by atoms with Gasteiger partial charge in [0.1, 0.15) is 5.16 Å². The van der Waals surface area contributed by atoms with Crippen molar-refractivity contribution in [1.82, 2.24) is 4.90 Å². The maximum atomic E-state index is 10.4. The minimum Gasteiger partial charge on any atom is -0.478 e. The van der Waals surface area contributed by atoms with E-state index in [1.165, 1.54) is 6.08 Å². The molecule has 0 fully saturated rings. The van der Waals surface area contributed by atoms with Gasteiger partial charge in [-0.1, -0.05) is 11.6 Å². The molecule has 0 aromatic rings. The van der Waals surface area contributed by atoms with Crippen molar-refractivity contribution in [3.05, 3.63) is 22.9 Å².